The van der Waals surface area contributed by atoms with Crippen molar-refractivity contribution in [3.8, 4) is 11.8 Å². The summed E-state index contributed by atoms with van der Waals surface area (Å²) in [5, 5.41) is 2.27. The Morgan fingerprint density at radius 2 is 1.51 bits per heavy atom. The molecule has 1 fully saturated rings. The molecule has 2 unspecified atom stereocenters. The Morgan fingerprint density at radius 3 is 2.00 bits per heavy atom. The third kappa shape index (κ3) is 7.60. The molecule has 1 heterocycles. The van der Waals surface area contributed by atoms with Crippen LogP contribution in [0.1, 0.15) is 34.0 Å². The van der Waals surface area contributed by atoms with Crippen molar-refractivity contribution in [2.24, 2.45) is 11.7 Å². The van der Waals surface area contributed by atoms with Crippen LogP contribution in [0, 0.1) is 17.8 Å². The number of nitrogens with two attached hydrogens (primary N) is 1. The van der Waals surface area contributed by atoms with Crippen LogP contribution in [0.15, 0.2) is 48.5 Å². The van der Waals surface area contributed by atoms with Gasteiger partial charge in [-0.1, -0.05) is 30.9 Å². The van der Waals surface area contributed by atoms with Crippen LogP contribution in [0.25, 0.3) is 0 Å². The molecule has 1 aliphatic heterocycles. The predicted octanol–water partition coefficient (Wildman–Crippen LogP) is 1.80. The first-order chi connectivity index (χ1) is 16.5. The molecular weight excluding hydrogens is 476 g/mol. The average Bonchev–Trinajstić information content (AvgIpc) is 2.83. The van der Waals surface area contributed by atoms with E-state index in [2.05, 4.69) is 22.1 Å². The summed E-state index contributed by atoms with van der Waals surface area (Å²) >= 11 is 0. The van der Waals surface area contributed by atoms with Gasteiger partial charge in [0.25, 0.3) is 5.91 Å². The summed E-state index contributed by atoms with van der Waals surface area (Å²) in [6, 6.07) is 12.4. The van der Waals surface area contributed by atoms with Crippen LogP contribution >= 0.6 is 0 Å². The van der Waals surface area contributed by atoms with E-state index in [0.717, 1.165) is 18.1 Å². The van der Waals surface area contributed by atoms with Gasteiger partial charge in [0, 0.05) is 42.2 Å². The fourth-order valence-electron chi connectivity index (χ4n) is 3.54. The van der Waals surface area contributed by atoms with E-state index >= 15 is 0 Å². The molecule has 1 saturated heterocycles. The summed E-state index contributed by atoms with van der Waals surface area (Å²) < 4.78 is 48.9. The molecule has 7 nitrogen and oxygen atoms in total. The molecule has 1 aliphatic rings. The number of carbonyl (C=O) groups is 2. The first-order valence-corrected chi connectivity index (χ1v) is 12.9. The number of alkyl halides is 2. The maximum absolute atomic E-state index is 12.9. The number of halogens is 2. The van der Waals surface area contributed by atoms with Gasteiger partial charge in [0.2, 0.25) is 12.3 Å². The number of hydrogen-bond donors (Lipinski definition) is 2. The molecule has 2 amide bonds. The van der Waals surface area contributed by atoms with Gasteiger partial charge in [0.1, 0.15) is 6.04 Å². The molecule has 3 rings (SSSR count). The van der Waals surface area contributed by atoms with E-state index in [1.165, 1.54) is 12.1 Å². The summed E-state index contributed by atoms with van der Waals surface area (Å²) in [4.78, 5) is 25.9. The quantitative estimate of drug-likeness (QED) is 0.560. The van der Waals surface area contributed by atoms with Crippen LogP contribution in [0.2, 0.25) is 0 Å². The second-order valence-electron chi connectivity index (χ2n) is 8.50. The van der Waals surface area contributed by atoms with E-state index in [1.54, 1.807) is 12.1 Å². The third-order valence-corrected chi connectivity index (χ3v) is 7.42. The SMILES string of the molecule is CC(C(F)F)C(NC(=O)c1ccc(C#Cc2ccc(CN3CCS(=O)(=O)CC3)cc2)cc1)C(N)=O. The molecule has 0 spiro atoms. The highest BCUT2D eigenvalue weighted by Crippen LogP contribution is 2.15. The fraction of sp³-hybridized carbons (Fsp3) is 0.360. The van der Waals surface area contributed by atoms with Gasteiger partial charge >= 0.3 is 0 Å². The first-order valence-electron chi connectivity index (χ1n) is 11.1. The third-order valence-electron chi connectivity index (χ3n) is 5.81. The maximum atomic E-state index is 12.9. The van der Waals surface area contributed by atoms with Crippen molar-refractivity contribution in [1.29, 1.82) is 0 Å². The van der Waals surface area contributed by atoms with Crippen molar-refractivity contribution in [3.05, 3.63) is 70.8 Å². The predicted molar refractivity (Wildman–Crippen MR) is 128 cm³/mol. The molecule has 2 atom stereocenters. The van der Waals surface area contributed by atoms with E-state index in [9.17, 15) is 26.8 Å². The number of hydrogen-bond acceptors (Lipinski definition) is 5. The molecule has 2 aromatic carbocycles. The minimum absolute atomic E-state index is 0.192. The van der Waals surface area contributed by atoms with Gasteiger partial charge < -0.3 is 11.1 Å². The summed E-state index contributed by atoms with van der Waals surface area (Å²) in [7, 11) is -2.90. The number of nitrogens with zero attached hydrogens (tertiary/aromatic N) is 1. The van der Waals surface area contributed by atoms with E-state index in [-0.39, 0.29) is 17.1 Å². The normalized spacial score (nSPS) is 17.1. The zero-order valence-corrected chi connectivity index (χ0v) is 20.0. The number of sulfone groups is 1. The van der Waals surface area contributed by atoms with Gasteiger partial charge in [-0.2, -0.15) is 0 Å². The summed E-state index contributed by atoms with van der Waals surface area (Å²) in [6.45, 7) is 2.89. The highest BCUT2D eigenvalue weighted by Gasteiger charge is 2.31. The molecule has 35 heavy (non-hydrogen) atoms. The lowest BCUT2D eigenvalue weighted by molar-refractivity contribution is -0.122. The standard InChI is InChI=1S/C25H27F2N3O4S/c1-17(23(26)27)22(24(28)31)29-25(32)21-10-8-19(9-11-21)3-2-18-4-6-20(7-5-18)16-30-12-14-35(33,34)15-13-30/h4-11,17,22-23H,12-16H2,1H3,(H2,28,31)(H,29,32). The van der Waals surface area contributed by atoms with Crippen LogP contribution in [0.4, 0.5) is 8.78 Å². The molecule has 0 aliphatic carbocycles. The van der Waals surface area contributed by atoms with Gasteiger partial charge in [0.05, 0.1) is 11.5 Å². The number of primary amides is 1. The summed E-state index contributed by atoms with van der Waals surface area (Å²) in [5.74, 6) is 3.30. The van der Waals surface area contributed by atoms with Gasteiger partial charge in [-0.25, -0.2) is 17.2 Å². The van der Waals surface area contributed by atoms with Crippen LogP contribution in [0.3, 0.4) is 0 Å². The van der Waals surface area contributed by atoms with Crippen LogP contribution in [-0.2, 0) is 21.2 Å². The second kappa shape index (κ2) is 11.4. The molecule has 2 aromatic rings. The Morgan fingerprint density at radius 1 is 1.00 bits per heavy atom. The lowest BCUT2D eigenvalue weighted by atomic mass is 10.0. The first kappa shape index (κ1) is 26.3. The highest BCUT2D eigenvalue weighted by molar-refractivity contribution is 7.91. The molecule has 10 heteroatoms. The topological polar surface area (TPSA) is 110 Å². The van der Waals surface area contributed by atoms with Crippen molar-refractivity contribution < 1.29 is 26.8 Å². The van der Waals surface area contributed by atoms with E-state index in [1.807, 2.05) is 24.3 Å². The largest absolute Gasteiger partial charge is 0.368 e. The van der Waals surface area contributed by atoms with Crippen molar-refractivity contribution in [2.45, 2.75) is 25.9 Å². The lowest BCUT2D eigenvalue weighted by Gasteiger charge is -2.26. The van der Waals surface area contributed by atoms with Crippen LogP contribution < -0.4 is 11.1 Å². The molecule has 0 aromatic heterocycles. The summed E-state index contributed by atoms with van der Waals surface area (Å²) in [6.07, 6.45) is -2.80. The molecular formula is C25H27F2N3O4S. The maximum Gasteiger partial charge on any atom is 0.251 e. The Labute approximate surface area is 203 Å². The number of benzene rings is 2. The molecule has 3 N–H and O–H groups in total. The van der Waals surface area contributed by atoms with Crippen molar-refractivity contribution in [2.75, 3.05) is 24.6 Å². The van der Waals surface area contributed by atoms with Gasteiger partial charge in [-0.15, -0.1) is 0 Å². The second-order valence-corrected chi connectivity index (χ2v) is 10.8. The molecule has 0 saturated carbocycles. The fourth-order valence-corrected chi connectivity index (χ4v) is 4.82. The van der Waals surface area contributed by atoms with Gasteiger partial charge in [0.15, 0.2) is 9.84 Å². The summed E-state index contributed by atoms with van der Waals surface area (Å²) in [5.41, 5.74) is 7.86. The minimum atomic E-state index is -2.90. The van der Waals surface area contributed by atoms with E-state index in [0.29, 0.717) is 25.2 Å². The Balaban J connectivity index is 1.58. The number of rotatable bonds is 7. The highest BCUT2D eigenvalue weighted by atomic mass is 32.2. The number of nitrogens with one attached hydrogen (secondary N) is 1. The number of carbonyl (C=O) groups excluding carboxylic acids is 2. The van der Waals surface area contributed by atoms with Crippen molar-refractivity contribution in [1.82, 2.24) is 10.2 Å². The Hall–Kier alpha value is -3.29. The Bertz CT molecular complexity index is 1210. The molecule has 186 valence electrons. The lowest BCUT2D eigenvalue weighted by Crippen LogP contribution is -2.50. The van der Waals surface area contributed by atoms with Crippen LogP contribution in [-0.4, -0.2) is 62.2 Å². The Kier molecular flexibility index (Phi) is 8.59. The van der Waals surface area contributed by atoms with Gasteiger partial charge in [-0.05, 0) is 42.0 Å². The monoisotopic (exact) mass is 503 g/mol. The zero-order chi connectivity index (χ0) is 25.6. The smallest absolute Gasteiger partial charge is 0.251 e. The molecule has 0 radical (unpaired) electrons. The average molecular weight is 504 g/mol. The molecule has 0 bridgehead atoms. The van der Waals surface area contributed by atoms with E-state index < -0.39 is 40.0 Å². The van der Waals surface area contributed by atoms with Crippen molar-refractivity contribution in [3.63, 3.8) is 0 Å². The minimum Gasteiger partial charge on any atom is -0.368 e. The van der Waals surface area contributed by atoms with Gasteiger partial charge in [-0.3, -0.25) is 14.5 Å². The van der Waals surface area contributed by atoms with Crippen molar-refractivity contribution >= 4 is 21.7 Å². The van der Waals surface area contributed by atoms with E-state index in [4.69, 9.17) is 5.73 Å². The van der Waals surface area contributed by atoms with Crippen LogP contribution in [0.5, 0.6) is 0 Å². The zero-order valence-electron chi connectivity index (χ0n) is 19.2. The number of amides is 2.